The number of hydrogen-bond acceptors (Lipinski definition) is 3. The molecular formula is C16H23ClFNO2. The Balaban J connectivity index is 2.16. The predicted octanol–water partition coefficient (Wildman–Crippen LogP) is 2.48. The molecule has 0 amide bonds. The van der Waals surface area contributed by atoms with Crippen LogP contribution in [-0.2, 0) is 6.42 Å². The van der Waals surface area contributed by atoms with Gasteiger partial charge >= 0.3 is 0 Å². The van der Waals surface area contributed by atoms with E-state index in [1.165, 1.54) is 6.07 Å². The largest absolute Gasteiger partial charge is 0.394 e. The van der Waals surface area contributed by atoms with Crippen LogP contribution in [-0.4, -0.2) is 48.0 Å². The van der Waals surface area contributed by atoms with Crippen LogP contribution in [0.1, 0.15) is 24.8 Å². The first-order chi connectivity index (χ1) is 9.94. The van der Waals surface area contributed by atoms with Gasteiger partial charge in [-0.15, -0.1) is 0 Å². The van der Waals surface area contributed by atoms with E-state index in [2.05, 4.69) is 11.9 Å². The zero-order valence-corrected chi connectivity index (χ0v) is 13.1. The van der Waals surface area contributed by atoms with Crippen LogP contribution in [0.4, 0.5) is 4.39 Å². The lowest BCUT2D eigenvalue weighted by Gasteiger charge is -2.42. The van der Waals surface area contributed by atoms with Gasteiger partial charge in [-0.25, -0.2) is 4.39 Å². The summed E-state index contributed by atoms with van der Waals surface area (Å²) in [7, 11) is 2.08. The van der Waals surface area contributed by atoms with Gasteiger partial charge in [-0.2, -0.15) is 0 Å². The van der Waals surface area contributed by atoms with Gasteiger partial charge < -0.3 is 15.1 Å². The van der Waals surface area contributed by atoms with E-state index in [9.17, 15) is 9.50 Å². The molecule has 1 aromatic carbocycles. The average Bonchev–Trinajstić information content (AvgIpc) is 2.46. The van der Waals surface area contributed by atoms with Gasteiger partial charge in [0.25, 0.3) is 0 Å². The van der Waals surface area contributed by atoms with Crippen LogP contribution >= 0.6 is 11.6 Å². The van der Waals surface area contributed by atoms with E-state index in [-0.39, 0.29) is 17.0 Å². The molecule has 0 aromatic heterocycles. The molecule has 0 saturated carbocycles. The van der Waals surface area contributed by atoms with Gasteiger partial charge in [-0.3, -0.25) is 0 Å². The van der Waals surface area contributed by atoms with Crippen molar-refractivity contribution < 1.29 is 14.6 Å². The van der Waals surface area contributed by atoms with Gasteiger partial charge in [0.15, 0.2) is 0 Å². The van der Waals surface area contributed by atoms with Crippen molar-refractivity contribution in [1.82, 2.24) is 4.90 Å². The summed E-state index contributed by atoms with van der Waals surface area (Å²) < 4.78 is 13.6. The molecule has 2 N–H and O–H groups in total. The molecule has 1 atom stereocenters. The van der Waals surface area contributed by atoms with Crippen LogP contribution in [0.3, 0.4) is 0 Å². The van der Waals surface area contributed by atoms with E-state index in [0.717, 1.165) is 31.5 Å². The van der Waals surface area contributed by atoms with Crippen LogP contribution in [0.25, 0.3) is 0 Å². The Morgan fingerprint density at radius 3 is 2.62 bits per heavy atom. The Labute approximate surface area is 130 Å². The topological polar surface area (TPSA) is 43.7 Å². The molecular weight excluding hydrogens is 293 g/mol. The third-order valence-corrected chi connectivity index (χ3v) is 4.80. The van der Waals surface area contributed by atoms with E-state index < -0.39 is 11.9 Å². The molecule has 1 heterocycles. The lowest BCUT2D eigenvalue weighted by molar-refractivity contribution is 0.0189. The summed E-state index contributed by atoms with van der Waals surface area (Å²) in [4.78, 5) is 2.26. The first-order valence-electron chi connectivity index (χ1n) is 7.35. The Kier molecular flexibility index (Phi) is 5.60. The minimum atomic E-state index is -0.717. The molecule has 1 aliphatic heterocycles. The lowest BCUT2D eigenvalue weighted by atomic mass is 9.70. The fourth-order valence-electron chi connectivity index (χ4n) is 3.19. The number of rotatable bonds is 5. The molecule has 0 radical (unpaired) electrons. The van der Waals surface area contributed by atoms with Crippen LogP contribution in [0.2, 0.25) is 5.02 Å². The third kappa shape index (κ3) is 4.39. The minimum Gasteiger partial charge on any atom is -0.394 e. The Bertz CT molecular complexity index is 475. The standard InChI is InChI=1S/C16H23ClFNO2/c1-19-6-4-16(5-7-19,10-13(21)11-20)9-12-2-3-14(17)15(18)8-12/h2-3,8,13,20-21H,4-7,9-11H2,1H3. The Morgan fingerprint density at radius 2 is 2.05 bits per heavy atom. The number of benzene rings is 1. The summed E-state index contributed by atoms with van der Waals surface area (Å²) in [5.41, 5.74) is 0.807. The fourth-order valence-corrected chi connectivity index (χ4v) is 3.31. The maximum absolute atomic E-state index is 13.6. The highest BCUT2D eigenvalue weighted by Crippen LogP contribution is 2.39. The molecule has 0 aliphatic carbocycles. The molecule has 1 aliphatic rings. The minimum absolute atomic E-state index is 0.0884. The summed E-state index contributed by atoms with van der Waals surface area (Å²) >= 11 is 5.73. The quantitative estimate of drug-likeness (QED) is 0.877. The monoisotopic (exact) mass is 315 g/mol. The molecule has 1 saturated heterocycles. The highest BCUT2D eigenvalue weighted by molar-refractivity contribution is 6.30. The number of aliphatic hydroxyl groups is 2. The molecule has 3 nitrogen and oxygen atoms in total. The van der Waals surface area contributed by atoms with Crippen molar-refractivity contribution in [2.45, 2.75) is 31.8 Å². The van der Waals surface area contributed by atoms with Crippen LogP contribution in [0, 0.1) is 11.2 Å². The van der Waals surface area contributed by atoms with E-state index in [0.29, 0.717) is 12.8 Å². The summed E-state index contributed by atoms with van der Waals surface area (Å²) in [6, 6.07) is 4.90. The number of hydrogen-bond donors (Lipinski definition) is 2. The van der Waals surface area contributed by atoms with Crippen LogP contribution < -0.4 is 0 Å². The molecule has 1 aromatic rings. The van der Waals surface area contributed by atoms with Crippen LogP contribution in [0.15, 0.2) is 18.2 Å². The summed E-state index contributed by atoms with van der Waals surface area (Å²) in [5, 5.41) is 19.1. The van der Waals surface area contributed by atoms with Crippen molar-refractivity contribution in [3.8, 4) is 0 Å². The SMILES string of the molecule is CN1CCC(Cc2ccc(Cl)c(F)c2)(CC(O)CO)CC1. The second kappa shape index (κ2) is 7.05. The first kappa shape index (κ1) is 16.7. The van der Waals surface area contributed by atoms with Gasteiger partial charge in [0.1, 0.15) is 5.82 Å². The summed E-state index contributed by atoms with van der Waals surface area (Å²) in [6.07, 6.45) is 2.40. The molecule has 2 rings (SSSR count). The molecule has 5 heteroatoms. The Morgan fingerprint density at radius 1 is 1.38 bits per heavy atom. The molecule has 0 bridgehead atoms. The van der Waals surface area contributed by atoms with E-state index in [1.807, 2.05) is 6.07 Å². The van der Waals surface area contributed by atoms with Crippen molar-refractivity contribution in [1.29, 1.82) is 0 Å². The lowest BCUT2D eigenvalue weighted by Crippen LogP contribution is -2.41. The predicted molar refractivity (Wildman–Crippen MR) is 82.0 cm³/mol. The molecule has 1 unspecified atom stereocenters. The number of likely N-dealkylation sites (tertiary alicyclic amines) is 1. The first-order valence-corrected chi connectivity index (χ1v) is 7.73. The van der Waals surface area contributed by atoms with Gasteiger partial charge in [0.05, 0.1) is 17.7 Å². The molecule has 21 heavy (non-hydrogen) atoms. The normalized spacial score (nSPS) is 20.4. The highest BCUT2D eigenvalue weighted by Gasteiger charge is 2.35. The van der Waals surface area contributed by atoms with E-state index >= 15 is 0 Å². The summed E-state index contributed by atoms with van der Waals surface area (Å²) in [6.45, 7) is 1.68. The average molecular weight is 316 g/mol. The maximum Gasteiger partial charge on any atom is 0.142 e. The number of aliphatic hydroxyl groups excluding tert-OH is 2. The smallest absolute Gasteiger partial charge is 0.142 e. The van der Waals surface area contributed by atoms with E-state index in [4.69, 9.17) is 16.7 Å². The highest BCUT2D eigenvalue weighted by atomic mass is 35.5. The van der Waals surface area contributed by atoms with Gasteiger partial charge in [0, 0.05) is 0 Å². The van der Waals surface area contributed by atoms with E-state index in [1.54, 1.807) is 6.07 Å². The second-order valence-corrected chi connectivity index (χ2v) is 6.68. The summed E-state index contributed by atoms with van der Waals surface area (Å²) in [5.74, 6) is -0.403. The van der Waals surface area contributed by atoms with Crippen molar-refractivity contribution in [3.05, 3.63) is 34.6 Å². The third-order valence-electron chi connectivity index (χ3n) is 4.49. The van der Waals surface area contributed by atoms with Crippen molar-refractivity contribution in [2.75, 3.05) is 26.7 Å². The molecule has 1 fully saturated rings. The van der Waals surface area contributed by atoms with Crippen molar-refractivity contribution in [3.63, 3.8) is 0 Å². The fraction of sp³-hybridized carbons (Fsp3) is 0.625. The van der Waals surface area contributed by atoms with Gasteiger partial charge in [0.2, 0.25) is 0 Å². The second-order valence-electron chi connectivity index (χ2n) is 6.27. The van der Waals surface area contributed by atoms with Gasteiger partial charge in [-0.1, -0.05) is 17.7 Å². The number of piperidine rings is 1. The van der Waals surface area contributed by atoms with Crippen molar-refractivity contribution >= 4 is 11.6 Å². The van der Waals surface area contributed by atoms with Gasteiger partial charge in [-0.05, 0) is 68.9 Å². The van der Waals surface area contributed by atoms with Crippen LogP contribution in [0.5, 0.6) is 0 Å². The molecule has 118 valence electrons. The number of nitrogens with zero attached hydrogens (tertiary/aromatic N) is 1. The van der Waals surface area contributed by atoms with Crippen molar-refractivity contribution in [2.24, 2.45) is 5.41 Å². The Hall–Kier alpha value is -0.680. The maximum atomic E-state index is 13.6. The number of halogens is 2. The zero-order valence-electron chi connectivity index (χ0n) is 12.4. The molecule has 0 spiro atoms. The zero-order chi connectivity index (χ0) is 15.5.